The lowest BCUT2D eigenvalue weighted by atomic mass is 10.0. The molecule has 0 spiro atoms. The van der Waals surface area contributed by atoms with Crippen molar-refractivity contribution < 1.29 is 18.3 Å². The van der Waals surface area contributed by atoms with Crippen LogP contribution in [0.15, 0.2) is 47.4 Å². The molecule has 1 unspecified atom stereocenters. The Balaban J connectivity index is 2.05. The molecule has 5 nitrogen and oxygen atoms in total. The van der Waals surface area contributed by atoms with Gasteiger partial charge in [0.15, 0.2) is 0 Å². The van der Waals surface area contributed by atoms with E-state index in [-0.39, 0.29) is 11.4 Å². The zero-order valence-corrected chi connectivity index (χ0v) is 14.0. The van der Waals surface area contributed by atoms with Crippen molar-refractivity contribution in [3.8, 4) is 5.75 Å². The molecule has 1 heterocycles. The van der Waals surface area contributed by atoms with Crippen LogP contribution >= 0.6 is 11.6 Å². The van der Waals surface area contributed by atoms with E-state index in [0.29, 0.717) is 28.4 Å². The normalized spacial score (nSPS) is 17.7. The summed E-state index contributed by atoms with van der Waals surface area (Å²) in [6, 6.07) is 11.1. The van der Waals surface area contributed by atoms with Crippen molar-refractivity contribution in [1.82, 2.24) is 0 Å². The smallest absolute Gasteiger partial charge is 0.264 e. The number of nitrogens with zero attached hydrogens (tertiary/aromatic N) is 1. The predicted molar refractivity (Wildman–Crippen MR) is 88.6 cm³/mol. The number of benzene rings is 2. The van der Waals surface area contributed by atoms with Crippen molar-refractivity contribution in [2.45, 2.75) is 17.4 Å². The van der Waals surface area contributed by atoms with Crippen molar-refractivity contribution in [3.63, 3.8) is 0 Å². The summed E-state index contributed by atoms with van der Waals surface area (Å²) in [4.78, 5) is 0.176. The highest BCUT2D eigenvalue weighted by molar-refractivity contribution is 7.92. The maximum absolute atomic E-state index is 12.9. The monoisotopic (exact) mass is 353 g/mol. The third-order valence-electron chi connectivity index (χ3n) is 3.87. The molecule has 2 aromatic carbocycles. The molecule has 0 fully saturated rings. The van der Waals surface area contributed by atoms with E-state index in [2.05, 4.69) is 0 Å². The average molecular weight is 354 g/mol. The number of sulfonamides is 1. The summed E-state index contributed by atoms with van der Waals surface area (Å²) in [6.45, 7) is 0.212. The Bertz CT molecular complexity index is 820. The van der Waals surface area contributed by atoms with Crippen LogP contribution in [-0.2, 0) is 10.0 Å². The maximum atomic E-state index is 12.9. The molecule has 23 heavy (non-hydrogen) atoms. The number of ether oxygens (including phenoxy) is 1. The van der Waals surface area contributed by atoms with Gasteiger partial charge in [-0.2, -0.15) is 0 Å². The lowest BCUT2D eigenvalue weighted by Crippen LogP contribution is -2.36. The van der Waals surface area contributed by atoms with E-state index in [0.717, 1.165) is 0 Å². The van der Waals surface area contributed by atoms with Gasteiger partial charge in [-0.05, 0) is 48.9 Å². The number of aliphatic hydroxyl groups excluding tert-OH is 1. The van der Waals surface area contributed by atoms with E-state index in [1.807, 2.05) is 0 Å². The second-order valence-electron chi connectivity index (χ2n) is 5.26. The predicted octanol–water partition coefficient (Wildman–Crippen LogP) is 2.98. The van der Waals surface area contributed by atoms with Gasteiger partial charge >= 0.3 is 0 Å². The standard InChI is InChI=1S/C16H16ClNO4S/c1-22-12-3-5-13(6-4-12)23(20,21)18-9-8-16(19)14-10-11(17)2-7-15(14)18/h2-7,10,16,19H,8-9H2,1H3. The second-order valence-corrected chi connectivity index (χ2v) is 7.56. The second kappa shape index (κ2) is 6.03. The van der Waals surface area contributed by atoms with Gasteiger partial charge in [-0.25, -0.2) is 8.42 Å². The first-order valence-electron chi connectivity index (χ1n) is 7.08. The Hall–Kier alpha value is -1.76. The molecule has 1 atom stereocenters. The summed E-state index contributed by atoms with van der Waals surface area (Å²) < 4.78 is 32.2. The lowest BCUT2D eigenvalue weighted by molar-refractivity contribution is 0.166. The fraction of sp³-hybridized carbons (Fsp3) is 0.250. The number of anilines is 1. The number of methoxy groups -OCH3 is 1. The van der Waals surface area contributed by atoms with Crippen LogP contribution in [0.3, 0.4) is 0 Å². The Morgan fingerprint density at radius 1 is 1.22 bits per heavy atom. The topological polar surface area (TPSA) is 66.8 Å². The number of fused-ring (bicyclic) bond motifs is 1. The van der Waals surface area contributed by atoms with Crippen molar-refractivity contribution in [1.29, 1.82) is 0 Å². The van der Waals surface area contributed by atoms with Gasteiger partial charge in [-0.15, -0.1) is 0 Å². The number of hydrogen-bond donors (Lipinski definition) is 1. The van der Waals surface area contributed by atoms with Gasteiger partial charge in [0.25, 0.3) is 10.0 Å². The zero-order chi connectivity index (χ0) is 16.6. The molecule has 1 N–H and O–H groups in total. The van der Waals surface area contributed by atoms with Gasteiger partial charge in [0.05, 0.1) is 23.8 Å². The SMILES string of the molecule is COc1ccc(S(=O)(=O)N2CCC(O)c3cc(Cl)ccc32)cc1. The van der Waals surface area contributed by atoms with Crippen molar-refractivity contribution >= 4 is 27.3 Å². The molecule has 1 aliphatic rings. The molecule has 3 rings (SSSR count). The zero-order valence-electron chi connectivity index (χ0n) is 12.4. The van der Waals surface area contributed by atoms with Crippen molar-refractivity contribution in [3.05, 3.63) is 53.1 Å². The molecular weight excluding hydrogens is 338 g/mol. The molecule has 0 saturated heterocycles. The van der Waals surface area contributed by atoms with E-state index in [4.69, 9.17) is 16.3 Å². The number of hydrogen-bond acceptors (Lipinski definition) is 4. The van der Waals surface area contributed by atoms with Crippen LogP contribution in [0.5, 0.6) is 5.75 Å². The van der Waals surface area contributed by atoms with Crippen molar-refractivity contribution in [2.75, 3.05) is 18.0 Å². The van der Waals surface area contributed by atoms with Crippen LogP contribution < -0.4 is 9.04 Å². The average Bonchev–Trinajstić information content (AvgIpc) is 2.55. The fourth-order valence-electron chi connectivity index (χ4n) is 2.66. The first kappa shape index (κ1) is 16.1. The van der Waals surface area contributed by atoms with Crippen LogP contribution in [0.1, 0.15) is 18.1 Å². The number of aliphatic hydroxyl groups is 1. The highest BCUT2D eigenvalue weighted by Crippen LogP contribution is 2.38. The molecule has 0 bridgehead atoms. The molecule has 1 aliphatic heterocycles. The molecule has 0 saturated carbocycles. The Morgan fingerprint density at radius 3 is 2.57 bits per heavy atom. The third kappa shape index (κ3) is 2.89. The molecule has 2 aromatic rings. The number of halogens is 1. The van der Waals surface area contributed by atoms with E-state index in [1.165, 1.54) is 23.5 Å². The van der Waals surface area contributed by atoms with Crippen LogP contribution in [0.25, 0.3) is 0 Å². The summed E-state index contributed by atoms with van der Waals surface area (Å²) in [5.41, 5.74) is 0.991. The Labute approximate surface area is 140 Å². The fourth-order valence-corrected chi connectivity index (χ4v) is 4.35. The van der Waals surface area contributed by atoms with Gasteiger partial charge in [0, 0.05) is 17.1 Å². The molecule has 0 aliphatic carbocycles. The van der Waals surface area contributed by atoms with Gasteiger partial charge in [0.1, 0.15) is 5.75 Å². The highest BCUT2D eigenvalue weighted by Gasteiger charge is 2.32. The molecule has 7 heteroatoms. The minimum Gasteiger partial charge on any atom is -0.497 e. The van der Waals surface area contributed by atoms with E-state index in [9.17, 15) is 13.5 Å². The highest BCUT2D eigenvalue weighted by atomic mass is 35.5. The van der Waals surface area contributed by atoms with Crippen LogP contribution in [0.2, 0.25) is 5.02 Å². The van der Waals surface area contributed by atoms with Crippen LogP contribution in [-0.4, -0.2) is 27.2 Å². The first-order valence-corrected chi connectivity index (χ1v) is 8.89. The summed E-state index contributed by atoms with van der Waals surface area (Å²) in [5.74, 6) is 0.588. The molecule has 122 valence electrons. The Kier molecular flexibility index (Phi) is 4.23. The Morgan fingerprint density at radius 2 is 1.91 bits per heavy atom. The maximum Gasteiger partial charge on any atom is 0.264 e. The minimum absolute atomic E-state index is 0.176. The van der Waals surface area contributed by atoms with Gasteiger partial charge in [-0.3, -0.25) is 4.31 Å². The summed E-state index contributed by atoms with van der Waals surface area (Å²) in [7, 11) is -2.19. The van der Waals surface area contributed by atoms with Gasteiger partial charge in [0.2, 0.25) is 0 Å². The number of rotatable bonds is 3. The van der Waals surface area contributed by atoms with Crippen LogP contribution in [0, 0.1) is 0 Å². The lowest BCUT2D eigenvalue weighted by Gasteiger charge is -2.33. The molecule has 0 amide bonds. The van der Waals surface area contributed by atoms with Gasteiger partial charge < -0.3 is 9.84 Å². The largest absolute Gasteiger partial charge is 0.497 e. The van der Waals surface area contributed by atoms with E-state index < -0.39 is 16.1 Å². The van der Waals surface area contributed by atoms with Crippen LogP contribution in [0.4, 0.5) is 5.69 Å². The first-order chi connectivity index (χ1) is 10.9. The summed E-state index contributed by atoms with van der Waals surface area (Å²) >= 11 is 5.96. The van der Waals surface area contributed by atoms with Crippen molar-refractivity contribution in [2.24, 2.45) is 0 Å². The molecular formula is C16H16ClNO4S. The molecule has 0 aromatic heterocycles. The third-order valence-corrected chi connectivity index (χ3v) is 5.93. The summed E-state index contributed by atoms with van der Waals surface area (Å²) in [5, 5.41) is 10.6. The minimum atomic E-state index is -3.71. The quantitative estimate of drug-likeness (QED) is 0.921. The van der Waals surface area contributed by atoms with E-state index in [1.54, 1.807) is 30.3 Å². The van der Waals surface area contributed by atoms with E-state index >= 15 is 0 Å². The van der Waals surface area contributed by atoms with Gasteiger partial charge in [-0.1, -0.05) is 11.6 Å². The molecule has 0 radical (unpaired) electrons. The summed E-state index contributed by atoms with van der Waals surface area (Å²) in [6.07, 6.45) is -0.395.